The third kappa shape index (κ3) is 11.0. The highest BCUT2D eigenvalue weighted by molar-refractivity contribution is 5.28. The minimum absolute atomic E-state index is 0.644. The van der Waals surface area contributed by atoms with Crippen molar-refractivity contribution in [1.82, 2.24) is 4.90 Å². The Morgan fingerprint density at radius 1 is 1.08 bits per heavy atom. The Morgan fingerprint density at radius 2 is 1.75 bits per heavy atom. The second-order valence-electron chi connectivity index (χ2n) is 6.38. The number of rotatable bonds is 10. The van der Waals surface area contributed by atoms with Crippen LogP contribution in [-0.2, 0) is 12.8 Å². The number of hydrogen-bond donors (Lipinski definition) is 0. The van der Waals surface area contributed by atoms with Gasteiger partial charge in [-0.15, -0.1) is 6.58 Å². The summed E-state index contributed by atoms with van der Waals surface area (Å²) in [5.41, 5.74) is 2.99. The molecule has 0 aromatic heterocycles. The van der Waals surface area contributed by atoms with Gasteiger partial charge in [-0.2, -0.15) is 0 Å². The van der Waals surface area contributed by atoms with E-state index in [4.69, 9.17) is 0 Å². The fraction of sp³-hybridized carbons (Fsp3) is 0.478. The molecule has 0 amide bonds. The Kier molecular flexibility index (Phi) is 14.0. The van der Waals surface area contributed by atoms with Crippen LogP contribution in [0.5, 0.6) is 0 Å². The first-order valence-corrected chi connectivity index (χ1v) is 9.20. The molecule has 1 heteroatoms. The lowest BCUT2D eigenvalue weighted by Crippen LogP contribution is -2.11. The summed E-state index contributed by atoms with van der Waals surface area (Å²) in [6.07, 6.45) is 14.0. The number of hydrogen-bond acceptors (Lipinski definition) is 1. The topological polar surface area (TPSA) is 3.24 Å². The average Bonchev–Trinajstić information content (AvgIpc) is 2.59. The van der Waals surface area contributed by atoms with Gasteiger partial charge in [-0.25, -0.2) is 0 Å². The minimum Gasteiger partial charge on any atom is -0.309 e. The van der Waals surface area contributed by atoms with E-state index in [0.717, 1.165) is 25.8 Å². The van der Waals surface area contributed by atoms with Crippen molar-refractivity contribution in [2.24, 2.45) is 5.92 Å². The third-order valence-electron chi connectivity index (χ3n) is 3.94. The highest BCUT2D eigenvalue weighted by Gasteiger charge is 2.07. The molecule has 24 heavy (non-hydrogen) atoms. The zero-order chi connectivity index (χ0) is 18.2. The van der Waals surface area contributed by atoms with E-state index in [1.807, 2.05) is 12.2 Å². The van der Waals surface area contributed by atoms with Crippen molar-refractivity contribution in [1.29, 1.82) is 0 Å². The van der Waals surface area contributed by atoms with Crippen LogP contribution in [-0.4, -0.2) is 25.5 Å². The summed E-state index contributed by atoms with van der Waals surface area (Å²) in [6.45, 7) is 12.9. The molecular formula is C23H37N. The Hall–Kier alpha value is -1.60. The monoisotopic (exact) mass is 327 g/mol. The maximum absolute atomic E-state index is 3.75. The van der Waals surface area contributed by atoms with Gasteiger partial charge in [0.25, 0.3) is 0 Å². The van der Waals surface area contributed by atoms with Crippen molar-refractivity contribution < 1.29 is 0 Å². The second kappa shape index (κ2) is 15.0. The maximum Gasteiger partial charge on any atom is 0.000970 e. The van der Waals surface area contributed by atoms with E-state index < -0.39 is 0 Å². The Morgan fingerprint density at radius 3 is 2.21 bits per heavy atom. The van der Waals surface area contributed by atoms with Gasteiger partial charge in [-0.3, -0.25) is 0 Å². The molecule has 0 spiro atoms. The predicted octanol–water partition coefficient (Wildman–Crippen LogP) is 6.07. The van der Waals surface area contributed by atoms with Crippen molar-refractivity contribution in [3.63, 3.8) is 0 Å². The van der Waals surface area contributed by atoms with Gasteiger partial charge in [0, 0.05) is 6.54 Å². The summed E-state index contributed by atoms with van der Waals surface area (Å²) in [4.78, 5) is 2.14. The fourth-order valence-corrected chi connectivity index (χ4v) is 2.61. The van der Waals surface area contributed by atoms with Gasteiger partial charge in [0.15, 0.2) is 0 Å². The molecule has 0 radical (unpaired) electrons. The lowest BCUT2D eigenvalue weighted by Gasteiger charge is -2.14. The minimum atomic E-state index is 0.644. The number of aryl methyl sites for hydroxylation is 1. The molecule has 1 unspecified atom stereocenters. The van der Waals surface area contributed by atoms with E-state index in [0.29, 0.717) is 5.92 Å². The van der Waals surface area contributed by atoms with Crippen LogP contribution >= 0.6 is 0 Å². The molecular weight excluding hydrogens is 290 g/mol. The smallest absolute Gasteiger partial charge is 0.000970 e. The van der Waals surface area contributed by atoms with E-state index in [1.54, 1.807) is 0 Å². The largest absolute Gasteiger partial charge is 0.309 e. The summed E-state index contributed by atoms with van der Waals surface area (Å²) >= 11 is 0. The van der Waals surface area contributed by atoms with Crippen LogP contribution in [0, 0.1) is 5.92 Å². The average molecular weight is 328 g/mol. The lowest BCUT2D eigenvalue weighted by molar-refractivity contribution is 0.417. The molecule has 0 saturated heterocycles. The van der Waals surface area contributed by atoms with Gasteiger partial charge < -0.3 is 4.90 Å². The second-order valence-corrected chi connectivity index (χ2v) is 6.38. The molecule has 1 rings (SSSR count). The van der Waals surface area contributed by atoms with Gasteiger partial charge in [-0.1, -0.05) is 75.4 Å². The Bertz CT molecular complexity index is 471. The fourth-order valence-electron chi connectivity index (χ4n) is 2.61. The van der Waals surface area contributed by atoms with Crippen LogP contribution in [0.3, 0.4) is 0 Å². The zero-order valence-corrected chi connectivity index (χ0v) is 16.3. The molecule has 0 bridgehead atoms. The molecule has 0 heterocycles. The van der Waals surface area contributed by atoms with Gasteiger partial charge >= 0.3 is 0 Å². The number of benzene rings is 1. The van der Waals surface area contributed by atoms with Crippen LogP contribution in [0.25, 0.3) is 0 Å². The van der Waals surface area contributed by atoms with Gasteiger partial charge in [0.05, 0.1) is 0 Å². The maximum atomic E-state index is 3.75. The SMILES string of the molecule is C=C/C=C\C(CCC)Cc1ccccc1CC.C=CCCN(C)C. The third-order valence-corrected chi connectivity index (χ3v) is 3.94. The van der Waals surface area contributed by atoms with Gasteiger partial charge in [0.2, 0.25) is 0 Å². The number of allylic oxidation sites excluding steroid dienone is 3. The first kappa shape index (κ1) is 22.4. The first-order valence-electron chi connectivity index (χ1n) is 9.20. The van der Waals surface area contributed by atoms with Crippen LogP contribution in [0.15, 0.2) is 61.7 Å². The molecule has 0 fully saturated rings. The van der Waals surface area contributed by atoms with Gasteiger partial charge in [-0.05, 0) is 56.8 Å². The molecule has 1 aromatic carbocycles. The Labute approximate surface area is 150 Å². The summed E-state index contributed by atoms with van der Waals surface area (Å²) < 4.78 is 0. The van der Waals surface area contributed by atoms with E-state index >= 15 is 0 Å². The lowest BCUT2D eigenvalue weighted by atomic mass is 9.91. The summed E-state index contributed by atoms with van der Waals surface area (Å²) in [7, 11) is 4.12. The molecule has 134 valence electrons. The van der Waals surface area contributed by atoms with Crippen molar-refractivity contribution in [2.75, 3.05) is 20.6 Å². The normalized spacial score (nSPS) is 11.9. The Balaban J connectivity index is 0.000000640. The predicted molar refractivity (Wildman–Crippen MR) is 111 cm³/mol. The van der Waals surface area contributed by atoms with Crippen LogP contribution in [0.4, 0.5) is 0 Å². The summed E-state index contributed by atoms with van der Waals surface area (Å²) in [6, 6.07) is 8.80. The van der Waals surface area contributed by atoms with Crippen molar-refractivity contribution in [2.45, 2.75) is 46.0 Å². The van der Waals surface area contributed by atoms with Crippen molar-refractivity contribution in [3.05, 3.63) is 72.9 Å². The van der Waals surface area contributed by atoms with Crippen LogP contribution in [0.2, 0.25) is 0 Å². The van der Waals surface area contributed by atoms with Crippen LogP contribution < -0.4 is 0 Å². The highest BCUT2D eigenvalue weighted by atomic mass is 15.0. The zero-order valence-electron chi connectivity index (χ0n) is 16.3. The van der Waals surface area contributed by atoms with Crippen LogP contribution in [0.1, 0.15) is 44.2 Å². The standard InChI is InChI=1S/C17H24.C6H13N/c1-4-7-11-15(10-5-2)14-17-13-9-8-12-16(17)6-3;1-4-5-6-7(2)3/h4,7-9,11-13,15H,1,5-6,10,14H2,2-3H3;4H,1,5-6H2,2-3H3/b11-7-;. The molecule has 0 N–H and O–H groups in total. The van der Waals surface area contributed by atoms with Gasteiger partial charge in [0.1, 0.15) is 0 Å². The van der Waals surface area contributed by atoms with E-state index in [1.165, 1.54) is 24.0 Å². The molecule has 1 atom stereocenters. The van der Waals surface area contributed by atoms with E-state index in [-0.39, 0.29) is 0 Å². The van der Waals surface area contributed by atoms with Crippen molar-refractivity contribution in [3.8, 4) is 0 Å². The highest BCUT2D eigenvalue weighted by Crippen LogP contribution is 2.19. The molecule has 1 nitrogen and oxygen atoms in total. The molecule has 0 aliphatic heterocycles. The molecule has 0 aliphatic carbocycles. The molecule has 0 aliphatic rings. The van der Waals surface area contributed by atoms with E-state index in [2.05, 4.69) is 82.4 Å². The summed E-state index contributed by atoms with van der Waals surface area (Å²) in [5, 5.41) is 0. The molecule has 1 aromatic rings. The summed E-state index contributed by atoms with van der Waals surface area (Å²) in [5.74, 6) is 0.644. The van der Waals surface area contributed by atoms with E-state index in [9.17, 15) is 0 Å². The molecule has 0 saturated carbocycles. The number of nitrogens with zero attached hydrogens (tertiary/aromatic N) is 1. The first-order chi connectivity index (χ1) is 11.6. The van der Waals surface area contributed by atoms with Crippen molar-refractivity contribution >= 4 is 0 Å². The quantitative estimate of drug-likeness (QED) is 0.372.